The van der Waals surface area contributed by atoms with Gasteiger partial charge in [-0.2, -0.15) is 9.78 Å². The molecule has 0 amide bonds. The summed E-state index contributed by atoms with van der Waals surface area (Å²) in [6.07, 6.45) is 6.79. The van der Waals surface area contributed by atoms with Gasteiger partial charge in [-0.15, -0.1) is 6.42 Å². The van der Waals surface area contributed by atoms with Gasteiger partial charge in [0.15, 0.2) is 17.3 Å². The number of halogens is 2. The fourth-order valence-corrected chi connectivity index (χ4v) is 3.88. The number of terminal acetylenes is 1. The zero-order valence-corrected chi connectivity index (χ0v) is 19.8. The number of rotatable bonds is 6. The van der Waals surface area contributed by atoms with Crippen LogP contribution in [0, 0.1) is 12.3 Å². The van der Waals surface area contributed by atoms with E-state index in [9.17, 15) is 4.79 Å². The third kappa shape index (κ3) is 4.49. The van der Waals surface area contributed by atoms with Gasteiger partial charge in [-0.25, -0.2) is 4.98 Å². The molecule has 0 spiro atoms. The molecule has 0 N–H and O–H groups in total. The first kappa shape index (κ1) is 22.6. The van der Waals surface area contributed by atoms with Gasteiger partial charge in [0.2, 0.25) is 0 Å². The fraction of sp³-hybridized carbons (Fsp3) is 0.0800. The molecule has 3 aromatic carbocycles. The molecule has 1 aromatic heterocycles. The fourth-order valence-electron chi connectivity index (χ4n) is 3.22. The van der Waals surface area contributed by atoms with E-state index in [-0.39, 0.29) is 17.2 Å². The van der Waals surface area contributed by atoms with Gasteiger partial charge in [0.1, 0.15) is 11.6 Å². The van der Waals surface area contributed by atoms with E-state index in [4.69, 9.17) is 27.5 Å². The van der Waals surface area contributed by atoms with E-state index in [1.165, 1.54) is 18.0 Å². The van der Waals surface area contributed by atoms with Crippen molar-refractivity contribution in [2.24, 2.45) is 5.10 Å². The molecule has 0 bridgehead atoms. The van der Waals surface area contributed by atoms with Crippen LogP contribution in [0.15, 0.2) is 75.0 Å². The number of methoxy groups -OCH3 is 1. The van der Waals surface area contributed by atoms with Crippen LogP contribution in [0.1, 0.15) is 5.56 Å². The Morgan fingerprint density at radius 2 is 1.94 bits per heavy atom. The van der Waals surface area contributed by atoms with Crippen LogP contribution in [0.3, 0.4) is 0 Å². The van der Waals surface area contributed by atoms with Gasteiger partial charge >= 0.3 is 0 Å². The topological polar surface area (TPSA) is 65.7 Å². The Morgan fingerprint density at radius 3 is 2.67 bits per heavy atom. The third-order valence-electron chi connectivity index (χ3n) is 4.77. The maximum atomic E-state index is 13.3. The summed E-state index contributed by atoms with van der Waals surface area (Å²) in [5, 5.41) is 5.21. The van der Waals surface area contributed by atoms with E-state index in [2.05, 4.69) is 31.9 Å². The first-order chi connectivity index (χ1) is 16.0. The van der Waals surface area contributed by atoms with E-state index < -0.39 is 0 Å². The number of hydrogen-bond donors (Lipinski definition) is 0. The molecule has 0 aliphatic heterocycles. The summed E-state index contributed by atoms with van der Waals surface area (Å²) in [5.74, 6) is 3.51. The number of nitrogens with zero attached hydrogens (tertiary/aromatic N) is 3. The first-order valence-corrected chi connectivity index (χ1v) is 11.0. The van der Waals surface area contributed by atoms with Gasteiger partial charge in [0.05, 0.1) is 24.2 Å². The summed E-state index contributed by atoms with van der Waals surface area (Å²) in [6.45, 7) is 0.0363. The molecule has 0 radical (unpaired) electrons. The van der Waals surface area contributed by atoms with Gasteiger partial charge in [-0.1, -0.05) is 60.0 Å². The predicted octanol–water partition coefficient (Wildman–Crippen LogP) is 5.38. The highest BCUT2D eigenvalue weighted by Crippen LogP contribution is 2.42. The Morgan fingerprint density at radius 1 is 1.21 bits per heavy atom. The van der Waals surface area contributed by atoms with Crippen LogP contribution < -0.4 is 15.0 Å². The summed E-state index contributed by atoms with van der Waals surface area (Å²) in [5.41, 5.74) is 1.63. The highest BCUT2D eigenvalue weighted by atomic mass is 79.9. The normalized spacial score (nSPS) is 11.0. The molecule has 4 rings (SSSR count). The minimum atomic E-state index is -0.293. The molecule has 0 unspecified atom stereocenters. The molecule has 8 heteroatoms. The molecule has 33 heavy (non-hydrogen) atoms. The highest BCUT2D eigenvalue weighted by molar-refractivity contribution is 9.10. The van der Waals surface area contributed by atoms with Gasteiger partial charge < -0.3 is 9.47 Å². The van der Waals surface area contributed by atoms with Crippen molar-refractivity contribution < 1.29 is 9.47 Å². The largest absolute Gasteiger partial charge is 0.493 e. The zero-order valence-electron chi connectivity index (χ0n) is 17.5. The lowest BCUT2D eigenvalue weighted by molar-refractivity contribution is 0.331. The Kier molecular flexibility index (Phi) is 6.78. The maximum absolute atomic E-state index is 13.3. The van der Waals surface area contributed by atoms with E-state index in [1.54, 1.807) is 24.3 Å². The molecule has 4 aromatic rings. The second kappa shape index (κ2) is 9.90. The van der Waals surface area contributed by atoms with Crippen molar-refractivity contribution in [3.8, 4) is 35.2 Å². The predicted molar refractivity (Wildman–Crippen MR) is 134 cm³/mol. The van der Waals surface area contributed by atoms with Crippen LogP contribution in [0.2, 0.25) is 5.02 Å². The molecular formula is C25H17BrClN3O3. The van der Waals surface area contributed by atoms with Gasteiger partial charge in [0.25, 0.3) is 5.56 Å². The summed E-state index contributed by atoms with van der Waals surface area (Å²) >= 11 is 9.94. The van der Waals surface area contributed by atoms with Crippen LogP contribution in [-0.4, -0.2) is 29.6 Å². The van der Waals surface area contributed by atoms with Gasteiger partial charge in [0, 0.05) is 15.6 Å². The first-order valence-electron chi connectivity index (χ1n) is 9.79. The third-order valence-corrected chi connectivity index (χ3v) is 6.22. The summed E-state index contributed by atoms with van der Waals surface area (Å²) in [4.78, 5) is 18.0. The maximum Gasteiger partial charge on any atom is 0.282 e. The van der Waals surface area contributed by atoms with E-state index in [1.807, 2.05) is 36.4 Å². The van der Waals surface area contributed by atoms with Gasteiger partial charge in [-0.3, -0.25) is 4.79 Å². The molecule has 6 nitrogen and oxygen atoms in total. The molecule has 164 valence electrons. The SMILES string of the molecule is C#CCOc1c(OC)cc(C=Nn2c(-c3ccccc3)nc3ccccc3c2=O)c(Br)c1Cl. The number of fused-ring (bicyclic) bond motifs is 1. The summed E-state index contributed by atoms with van der Waals surface area (Å²) in [7, 11) is 1.49. The molecule has 0 fully saturated rings. The van der Waals surface area contributed by atoms with E-state index in [0.717, 1.165) is 5.56 Å². The average molecular weight is 523 g/mol. The van der Waals surface area contributed by atoms with Crippen molar-refractivity contribution in [3.05, 3.63) is 86.1 Å². The lowest BCUT2D eigenvalue weighted by Crippen LogP contribution is -2.20. The van der Waals surface area contributed by atoms with E-state index >= 15 is 0 Å². The number of aromatic nitrogens is 2. The van der Waals surface area contributed by atoms with Crippen LogP contribution >= 0.6 is 27.5 Å². The Balaban J connectivity index is 1.88. The zero-order chi connectivity index (χ0) is 23.4. The average Bonchev–Trinajstić information content (AvgIpc) is 2.85. The standard InChI is InChI=1S/C25H17BrClN3O3/c1-3-13-33-23-20(32-2)14-17(21(26)22(23)27)15-28-30-24(16-9-5-4-6-10-16)29-19-12-8-7-11-18(19)25(30)31/h1,4-12,14-15H,13H2,2H3. The summed E-state index contributed by atoms with van der Waals surface area (Å²) in [6, 6.07) is 18.2. The Labute approximate surface area is 203 Å². The molecule has 1 heterocycles. The van der Waals surface area contributed by atoms with Crippen LogP contribution in [0.5, 0.6) is 11.5 Å². The second-order valence-electron chi connectivity index (χ2n) is 6.80. The van der Waals surface area contributed by atoms with Crippen LogP contribution in [0.25, 0.3) is 22.3 Å². The lowest BCUT2D eigenvalue weighted by atomic mass is 10.2. The molecule has 0 aliphatic carbocycles. The smallest absolute Gasteiger partial charge is 0.282 e. The summed E-state index contributed by atoms with van der Waals surface area (Å²) < 4.78 is 12.7. The van der Waals surface area contributed by atoms with Crippen molar-refractivity contribution in [2.75, 3.05) is 13.7 Å². The minimum Gasteiger partial charge on any atom is -0.493 e. The quantitative estimate of drug-likeness (QED) is 0.252. The number of ether oxygens (including phenoxy) is 2. The molecule has 0 saturated carbocycles. The Hall–Kier alpha value is -3.60. The van der Waals surface area contributed by atoms with Crippen molar-refractivity contribution in [2.45, 2.75) is 0 Å². The minimum absolute atomic E-state index is 0.0363. The number of para-hydroxylation sites is 1. The second-order valence-corrected chi connectivity index (χ2v) is 7.97. The Bertz CT molecular complexity index is 1460. The molecule has 0 saturated heterocycles. The lowest BCUT2D eigenvalue weighted by Gasteiger charge is -2.14. The monoisotopic (exact) mass is 521 g/mol. The van der Waals surface area contributed by atoms with Crippen molar-refractivity contribution in [3.63, 3.8) is 0 Å². The highest BCUT2D eigenvalue weighted by Gasteiger charge is 2.17. The molecule has 0 atom stereocenters. The number of hydrogen-bond acceptors (Lipinski definition) is 5. The molecular weight excluding hydrogens is 506 g/mol. The van der Waals surface area contributed by atoms with Crippen molar-refractivity contribution >= 4 is 44.6 Å². The van der Waals surface area contributed by atoms with Crippen LogP contribution in [-0.2, 0) is 0 Å². The van der Waals surface area contributed by atoms with Gasteiger partial charge in [-0.05, 0) is 34.1 Å². The van der Waals surface area contributed by atoms with E-state index in [0.29, 0.717) is 38.3 Å². The molecule has 0 aliphatic rings. The van der Waals surface area contributed by atoms with Crippen LogP contribution in [0.4, 0.5) is 0 Å². The van der Waals surface area contributed by atoms with Crippen molar-refractivity contribution in [1.29, 1.82) is 0 Å². The van der Waals surface area contributed by atoms with Crippen molar-refractivity contribution in [1.82, 2.24) is 9.66 Å². The number of benzene rings is 3.